The van der Waals surface area contributed by atoms with Crippen LogP contribution in [-0.2, 0) is 11.2 Å². The quantitative estimate of drug-likeness (QED) is 0.647. The fourth-order valence-corrected chi connectivity index (χ4v) is 6.48. The third-order valence-corrected chi connectivity index (χ3v) is 8.29. The number of aromatic nitrogens is 3. The van der Waals surface area contributed by atoms with Gasteiger partial charge >= 0.3 is 0 Å². The molecule has 174 valence electrons. The van der Waals surface area contributed by atoms with Crippen molar-refractivity contribution in [3.63, 3.8) is 0 Å². The highest BCUT2D eigenvalue weighted by Gasteiger charge is 2.32. The van der Waals surface area contributed by atoms with Crippen LogP contribution in [0.25, 0.3) is 10.8 Å². The predicted molar refractivity (Wildman–Crippen MR) is 134 cm³/mol. The van der Waals surface area contributed by atoms with Crippen LogP contribution in [0.15, 0.2) is 42.4 Å². The first-order valence-electron chi connectivity index (χ1n) is 11.9. The summed E-state index contributed by atoms with van der Waals surface area (Å²) in [4.78, 5) is 24.6. The topological polar surface area (TPSA) is 57.0 Å². The van der Waals surface area contributed by atoms with Gasteiger partial charge in [-0.1, -0.05) is 21.6 Å². The zero-order valence-electron chi connectivity index (χ0n) is 20.1. The van der Waals surface area contributed by atoms with E-state index in [0.717, 1.165) is 59.7 Å². The molecule has 0 bridgehead atoms. The zero-order valence-corrected chi connectivity index (χ0v) is 21.1. The summed E-state index contributed by atoms with van der Waals surface area (Å²) >= 11 is 0. The van der Waals surface area contributed by atoms with Crippen LogP contribution in [0.4, 0.5) is 0 Å². The second-order valence-corrected chi connectivity index (χ2v) is 10.9. The van der Waals surface area contributed by atoms with E-state index in [1.54, 1.807) is 6.08 Å². The van der Waals surface area contributed by atoms with Gasteiger partial charge in [-0.3, -0.25) is 14.7 Å². The molecular formula is C25H33N6OP. The van der Waals surface area contributed by atoms with Crippen LogP contribution in [0.5, 0.6) is 0 Å². The number of amides is 1. The summed E-state index contributed by atoms with van der Waals surface area (Å²) in [7, 11) is 0.463. The molecular weight excluding hydrogens is 431 g/mol. The molecule has 0 N–H and O–H groups in total. The lowest BCUT2D eigenvalue weighted by atomic mass is 10.1. The van der Waals surface area contributed by atoms with Crippen molar-refractivity contribution in [2.75, 3.05) is 19.6 Å². The van der Waals surface area contributed by atoms with Crippen LogP contribution in [0.1, 0.15) is 44.8 Å². The number of aryl methyl sites for hydroxylation is 2. The molecule has 5 rings (SSSR count). The van der Waals surface area contributed by atoms with Crippen molar-refractivity contribution in [3.8, 4) is 0 Å². The van der Waals surface area contributed by atoms with Gasteiger partial charge in [-0.2, -0.15) is 5.10 Å². The maximum Gasteiger partial charge on any atom is 0.252 e. The molecule has 3 aliphatic heterocycles. The lowest BCUT2D eigenvalue weighted by Gasteiger charge is -2.44. The highest BCUT2D eigenvalue weighted by Crippen LogP contribution is 2.44. The molecule has 0 radical (unpaired) electrons. The van der Waals surface area contributed by atoms with Gasteiger partial charge in [0.2, 0.25) is 0 Å². The van der Waals surface area contributed by atoms with E-state index in [9.17, 15) is 4.79 Å². The molecule has 1 amide bonds. The number of carbonyl (C=O) groups is 1. The van der Waals surface area contributed by atoms with Crippen molar-refractivity contribution in [1.82, 2.24) is 29.3 Å². The SMILES string of the molecule is CCc1nc(C)cn2nc(C3=CC(=O)N4C=C(N5CCN(C(C)C)[C@H](C)C5)C=CC4P3)cc12. The minimum atomic E-state index is 0.0338. The fraction of sp³-hybridized carbons (Fsp3) is 0.480. The van der Waals surface area contributed by atoms with Crippen LogP contribution in [0.2, 0.25) is 0 Å². The Kier molecular flexibility index (Phi) is 5.87. The van der Waals surface area contributed by atoms with Crippen molar-refractivity contribution in [1.29, 1.82) is 0 Å². The van der Waals surface area contributed by atoms with Gasteiger partial charge in [-0.15, -0.1) is 0 Å². The first-order valence-corrected chi connectivity index (χ1v) is 13.0. The molecule has 0 saturated carbocycles. The molecule has 0 aliphatic carbocycles. The molecule has 2 aromatic rings. The molecule has 8 heteroatoms. The van der Waals surface area contributed by atoms with E-state index >= 15 is 0 Å². The van der Waals surface area contributed by atoms with Gasteiger partial charge in [0.05, 0.1) is 40.3 Å². The lowest BCUT2D eigenvalue weighted by molar-refractivity contribution is -0.123. The van der Waals surface area contributed by atoms with Crippen LogP contribution >= 0.6 is 8.58 Å². The number of fused-ring (bicyclic) bond motifs is 2. The number of nitrogens with zero attached hydrogens (tertiary/aromatic N) is 6. The van der Waals surface area contributed by atoms with Gasteiger partial charge < -0.3 is 9.80 Å². The Morgan fingerprint density at radius 2 is 2.09 bits per heavy atom. The van der Waals surface area contributed by atoms with Crippen LogP contribution in [-0.4, -0.2) is 72.7 Å². The highest BCUT2D eigenvalue weighted by atomic mass is 31.1. The Hall–Kier alpha value is -2.50. The van der Waals surface area contributed by atoms with E-state index in [0.29, 0.717) is 20.7 Å². The van der Waals surface area contributed by atoms with E-state index in [4.69, 9.17) is 5.10 Å². The molecule has 2 unspecified atom stereocenters. The Labute approximate surface area is 197 Å². The predicted octanol–water partition coefficient (Wildman–Crippen LogP) is 3.61. The molecule has 1 fully saturated rings. The number of piperazine rings is 1. The van der Waals surface area contributed by atoms with E-state index in [-0.39, 0.29) is 11.7 Å². The van der Waals surface area contributed by atoms with Gasteiger partial charge in [0.15, 0.2) is 0 Å². The largest absolute Gasteiger partial charge is 0.368 e. The summed E-state index contributed by atoms with van der Waals surface area (Å²) in [6, 6.07) is 3.14. The van der Waals surface area contributed by atoms with Gasteiger partial charge in [0.25, 0.3) is 5.91 Å². The molecule has 0 aromatic carbocycles. The van der Waals surface area contributed by atoms with Crippen molar-refractivity contribution >= 4 is 25.3 Å². The lowest BCUT2D eigenvalue weighted by Crippen LogP contribution is -2.54. The number of allylic oxidation sites excluding steroid dienone is 1. The maximum atomic E-state index is 13.1. The van der Waals surface area contributed by atoms with Gasteiger partial charge in [0.1, 0.15) is 0 Å². The summed E-state index contributed by atoms with van der Waals surface area (Å²) in [6.07, 6.45) is 11.0. The van der Waals surface area contributed by atoms with E-state index in [2.05, 4.69) is 66.9 Å². The fourth-order valence-electron chi connectivity index (χ4n) is 5.15. The number of carbonyl (C=O) groups excluding carboxylic acids is 1. The second-order valence-electron chi connectivity index (χ2n) is 9.47. The molecule has 3 aliphatic rings. The van der Waals surface area contributed by atoms with Gasteiger partial charge in [-0.25, -0.2) is 4.52 Å². The minimum absolute atomic E-state index is 0.0338. The molecule has 1 saturated heterocycles. The minimum Gasteiger partial charge on any atom is -0.368 e. The number of hydrogen-bond acceptors (Lipinski definition) is 5. The molecule has 0 spiro atoms. The average molecular weight is 465 g/mol. The van der Waals surface area contributed by atoms with E-state index < -0.39 is 0 Å². The first kappa shape index (κ1) is 22.3. The molecule has 3 atom stereocenters. The van der Waals surface area contributed by atoms with Crippen LogP contribution in [0.3, 0.4) is 0 Å². The monoisotopic (exact) mass is 464 g/mol. The summed E-state index contributed by atoms with van der Waals surface area (Å²) in [5, 5.41) is 5.81. The first-order chi connectivity index (χ1) is 15.8. The molecule has 7 nitrogen and oxygen atoms in total. The third kappa shape index (κ3) is 4.13. The van der Waals surface area contributed by atoms with Crippen LogP contribution in [0, 0.1) is 6.92 Å². The normalized spacial score (nSPS) is 24.6. The second kappa shape index (κ2) is 8.69. The Morgan fingerprint density at radius 1 is 1.27 bits per heavy atom. The third-order valence-electron chi connectivity index (χ3n) is 6.82. The average Bonchev–Trinajstić information content (AvgIpc) is 3.22. The smallest absolute Gasteiger partial charge is 0.252 e. The van der Waals surface area contributed by atoms with Gasteiger partial charge in [-0.05, 0) is 46.3 Å². The van der Waals surface area contributed by atoms with E-state index in [1.165, 1.54) is 0 Å². The maximum absolute atomic E-state index is 13.1. The molecule has 33 heavy (non-hydrogen) atoms. The molecule has 5 heterocycles. The van der Waals surface area contributed by atoms with Gasteiger partial charge in [0, 0.05) is 49.3 Å². The Bertz CT molecular complexity index is 1180. The molecule has 2 aromatic heterocycles. The van der Waals surface area contributed by atoms with E-state index in [1.807, 2.05) is 22.5 Å². The highest BCUT2D eigenvalue weighted by molar-refractivity contribution is 7.51. The van der Waals surface area contributed by atoms with Crippen molar-refractivity contribution in [2.24, 2.45) is 0 Å². The summed E-state index contributed by atoms with van der Waals surface area (Å²) in [6.45, 7) is 13.9. The Balaban J connectivity index is 1.37. The van der Waals surface area contributed by atoms with Crippen LogP contribution < -0.4 is 0 Å². The standard InChI is InChI=1S/C25H33N6OP/c1-6-20-22-11-21(27-31(22)13-17(4)26-20)23-12-24(32)30-15-19(7-8-25(30)33-23)28-9-10-29(16(2)3)18(5)14-28/h7-8,11-13,15-16,18,25,33H,6,9-10,14H2,1-5H3/t18-,25?/m1/s1. The summed E-state index contributed by atoms with van der Waals surface area (Å²) in [5.41, 5.74) is 5.03. The van der Waals surface area contributed by atoms with Crippen molar-refractivity contribution in [3.05, 3.63) is 59.5 Å². The summed E-state index contributed by atoms with van der Waals surface area (Å²) in [5.74, 6) is 0.0949. The number of hydrogen-bond donors (Lipinski definition) is 0. The number of rotatable bonds is 4. The summed E-state index contributed by atoms with van der Waals surface area (Å²) < 4.78 is 1.91. The Morgan fingerprint density at radius 3 is 2.82 bits per heavy atom. The zero-order chi connectivity index (χ0) is 23.3. The van der Waals surface area contributed by atoms with Crippen molar-refractivity contribution < 1.29 is 4.79 Å². The van der Waals surface area contributed by atoms with Crippen molar-refractivity contribution in [2.45, 2.75) is 58.9 Å².